The highest BCUT2D eigenvalue weighted by molar-refractivity contribution is 6.07. The Bertz CT molecular complexity index is 1470. The zero-order chi connectivity index (χ0) is 25.6. The number of fused-ring (bicyclic) bond motifs is 1. The van der Waals surface area contributed by atoms with Gasteiger partial charge in [0.15, 0.2) is 23.3 Å². The lowest BCUT2D eigenvalue weighted by Gasteiger charge is -2.22. The fourth-order valence-electron chi connectivity index (χ4n) is 4.84. The van der Waals surface area contributed by atoms with Gasteiger partial charge in [-0.2, -0.15) is 5.10 Å². The second-order valence-corrected chi connectivity index (χ2v) is 9.17. The van der Waals surface area contributed by atoms with Crippen LogP contribution in [0, 0.1) is 29.1 Å². The molecule has 2 aromatic heterocycles. The molecule has 2 aromatic carbocycles. The van der Waals surface area contributed by atoms with Crippen LogP contribution in [0.5, 0.6) is 0 Å². The van der Waals surface area contributed by atoms with Crippen LogP contribution in [0.1, 0.15) is 48.0 Å². The van der Waals surface area contributed by atoms with E-state index in [9.17, 15) is 22.4 Å². The topological polar surface area (TPSA) is 51.9 Å². The summed E-state index contributed by atoms with van der Waals surface area (Å²) in [6.45, 7) is -0.339. The predicted molar refractivity (Wildman–Crippen MR) is 124 cm³/mol. The molecule has 10 heteroatoms. The number of amides is 1. The minimum absolute atomic E-state index is 0.0864. The molecule has 1 N–H and O–H groups in total. The van der Waals surface area contributed by atoms with Crippen molar-refractivity contribution < 1.29 is 26.7 Å². The van der Waals surface area contributed by atoms with Gasteiger partial charge in [0.1, 0.15) is 5.82 Å². The van der Waals surface area contributed by atoms with E-state index >= 15 is 4.39 Å². The molecule has 1 aliphatic carbocycles. The van der Waals surface area contributed by atoms with Crippen LogP contribution in [-0.2, 0) is 13.6 Å². The SMILES string of the molecule is Cn1cc(-c2ccc(Cn3cc(C(=O)NC4CCCCC4)c4c(F)c(F)c(F)c(F)c43)c(F)c2)cn1. The van der Waals surface area contributed by atoms with Crippen LogP contribution < -0.4 is 5.32 Å². The molecular weight excluding hydrogens is 479 g/mol. The van der Waals surface area contributed by atoms with Crippen LogP contribution in [-0.4, -0.2) is 26.3 Å². The van der Waals surface area contributed by atoms with Crippen LogP contribution in [0.4, 0.5) is 22.0 Å². The van der Waals surface area contributed by atoms with Gasteiger partial charge in [0.25, 0.3) is 5.91 Å². The lowest BCUT2D eigenvalue weighted by Crippen LogP contribution is -2.36. The zero-order valence-corrected chi connectivity index (χ0v) is 19.4. The van der Waals surface area contributed by atoms with Gasteiger partial charge in [-0.1, -0.05) is 31.4 Å². The van der Waals surface area contributed by atoms with E-state index in [-0.39, 0.29) is 23.7 Å². The molecule has 1 saturated carbocycles. The van der Waals surface area contributed by atoms with Crippen LogP contribution in [0.2, 0.25) is 0 Å². The summed E-state index contributed by atoms with van der Waals surface area (Å²) in [6, 6.07) is 4.21. The molecular formula is C26H23F5N4O. The fourth-order valence-corrected chi connectivity index (χ4v) is 4.84. The van der Waals surface area contributed by atoms with E-state index in [0.717, 1.165) is 42.9 Å². The van der Waals surface area contributed by atoms with E-state index in [1.807, 2.05) is 0 Å². The van der Waals surface area contributed by atoms with Crippen molar-refractivity contribution in [3.05, 3.63) is 77.0 Å². The number of benzene rings is 2. The van der Waals surface area contributed by atoms with Crippen molar-refractivity contribution in [3.8, 4) is 11.1 Å². The molecule has 0 aliphatic heterocycles. The number of nitrogens with one attached hydrogen (secondary N) is 1. The Morgan fingerprint density at radius 2 is 1.69 bits per heavy atom. The highest BCUT2D eigenvalue weighted by atomic mass is 19.2. The molecule has 0 unspecified atom stereocenters. The average Bonchev–Trinajstić information content (AvgIpc) is 3.47. The Hall–Kier alpha value is -3.69. The molecule has 188 valence electrons. The van der Waals surface area contributed by atoms with Gasteiger partial charge in [-0.3, -0.25) is 9.48 Å². The number of carbonyl (C=O) groups is 1. The maximum Gasteiger partial charge on any atom is 0.253 e. The molecule has 0 atom stereocenters. The molecule has 4 aromatic rings. The van der Waals surface area contributed by atoms with Gasteiger partial charge in [0.2, 0.25) is 0 Å². The maximum absolute atomic E-state index is 15.0. The Labute approximate surface area is 203 Å². The Morgan fingerprint density at radius 1 is 0.972 bits per heavy atom. The molecule has 36 heavy (non-hydrogen) atoms. The number of rotatable bonds is 5. The lowest BCUT2D eigenvalue weighted by atomic mass is 9.95. The first kappa shape index (κ1) is 24.0. The summed E-state index contributed by atoms with van der Waals surface area (Å²) in [5.74, 6) is -8.67. The van der Waals surface area contributed by atoms with Crippen LogP contribution in [0.15, 0.2) is 36.8 Å². The quantitative estimate of drug-likeness (QED) is 0.212. The molecule has 1 aliphatic rings. The summed E-state index contributed by atoms with van der Waals surface area (Å²) < 4.78 is 75.6. The fraction of sp³-hybridized carbons (Fsp3) is 0.308. The number of aromatic nitrogens is 3. The minimum atomic E-state index is -2.00. The average molecular weight is 502 g/mol. The second-order valence-electron chi connectivity index (χ2n) is 9.17. The summed E-state index contributed by atoms with van der Waals surface area (Å²) in [4.78, 5) is 13.0. The molecule has 0 spiro atoms. The molecule has 0 radical (unpaired) electrons. The maximum atomic E-state index is 15.0. The lowest BCUT2D eigenvalue weighted by molar-refractivity contribution is 0.0929. The molecule has 5 rings (SSSR count). The number of halogens is 5. The van der Waals surface area contributed by atoms with Crippen LogP contribution in [0.25, 0.3) is 22.0 Å². The van der Waals surface area contributed by atoms with Crippen molar-refractivity contribution >= 4 is 16.8 Å². The summed E-state index contributed by atoms with van der Waals surface area (Å²) in [6.07, 6.45) is 8.75. The van der Waals surface area contributed by atoms with Crippen molar-refractivity contribution in [3.63, 3.8) is 0 Å². The molecule has 0 bridgehead atoms. The van der Waals surface area contributed by atoms with E-state index in [4.69, 9.17) is 0 Å². The smallest absolute Gasteiger partial charge is 0.253 e. The minimum Gasteiger partial charge on any atom is -0.349 e. The highest BCUT2D eigenvalue weighted by Crippen LogP contribution is 2.33. The third-order valence-electron chi connectivity index (χ3n) is 6.70. The van der Waals surface area contributed by atoms with Crippen molar-refractivity contribution in [2.24, 2.45) is 7.05 Å². The van der Waals surface area contributed by atoms with Gasteiger partial charge in [-0.15, -0.1) is 0 Å². The van der Waals surface area contributed by atoms with E-state index in [2.05, 4.69) is 10.4 Å². The summed E-state index contributed by atoms with van der Waals surface area (Å²) in [7, 11) is 1.73. The normalized spacial score (nSPS) is 14.5. The van der Waals surface area contributed by atoms with E-state index in [1.54, 1.807) is 30.2 Å². The Morgan fingerprint density at radius 3 is 2.36 bits per heavy atom. The van der Waals surface area contributed by atoms with Gasteiger partial charge in [-0.05, 0) is 24.5 Å². The first-order chi connectivity index (χ1) is 17.2. The monoisotopic (exact) mass is 502 g/mol. The number of aryl methyl sites for hydroxylation is 1. The van der Waals surface area contributed by atoms with Gasteiger partial charge in [0.05, 0.1) is 29.2 Å². The van der Waals surface area contributed by atoms with Gasteiger partial charge < -0.3 is 9.88 Å². The van der Waals surface area contributed by atoms with Crippen LogP contribution >= 0.6 is 0 Å². The Balaban J connectivity index is 1.56. The predicted octanol–water partition coefficient (Wildman–Crippen LogP) is 5.85. The van der Waals surface area contributed by atoms with Crippen molar-refractivity contribution in [2.75, 3.05) is 0 Å². The van der Waals surface area contributed by atoms with Crippen molar-refractivity contribution in [2.45, 2.75) is 44.7 Å². The number of nitrogens with zero attached hydrogens (tertiary/aromatic N) is 3. The van der Waals surface area contributed by atoms with Crippen LogP contribution in [0.3, 0.4) is 0 Å². The third-order valence-corrected chi connectivity index (χ3v) is 6.70. The summed E-state index contributed by atoms with van der Waals surface area (Å²) in [5, 5.41) is 6.16. The zero-order valence-electron chi connectivity index (χ0n) is 19.4. The van der Waals surface area contributed by atoms with Crippen molar-refractivity contribution in [1.29, 1.82) is 0 Å². The number of hydrogen-bond donors (Lipinski definition) is 1. The largest absolute Gasteiger partial charge is 0.349 e. The molecule has 2 heterocycles. The second kappa shape index (κ2) is 9.40. The van der Waals surface area contributed by atoms with Gasteiger partial charge >= 0.3 is 0 Å². The first-order valence-corrected chi connectivity index (χ1v) is 11.7. The Kier molecular flexibility index (Phi) is 6.27. The summed E-state index contributed by atoms with van der Waals surface area (Å²) in [5.41, 5.74) is 0.346. The third kappa shape index (κ3) is 4.25. The van der Waals surface area contributed by atoms with E-state index in [0.29, 0.717) is 11.1 Å². The molecule has 0 saturated heterocycles. The molecule has 1 amide bonds. The van der Waals surface area contributed by atoms with Crippen molar-refractivity contribution in [1.82, 2.24) is 19.7 Å². The first-order valence-electron chi connectivity index (χ1n) is 11.7. The standard InChI is InChI=1S/C26H23F5N4O/c1-34-11-16(10-32-34)14-7-8-15(19(27)9-14)12-35-13-18(26(36)33-17-5-3-2-4-6-17)20-21(28)22(29)23(30)24(31)25(20)35/h7-11,13,17H,2-6,12H2,1H3,(H,33,36). The number of carbonyl (C=O) groups excluding carboxylic acids is 1. The van der Waals surface area contributed by atoms with Gasteiger partial charge in [-0.25, -0.2) is 22.0 Å². The van der Waals surface area contributed by atoms with E-state index < -0.39 is 45.9 Å². The van der Waals surface area contributed by atoms with Gasteiger partial charge in [0, 0.05) is 36.6 Å². The highest BCUT2D eigenvalue weighted by Gasteiger charge is 2.29. The number of hydrogen-bond acceptors (Lipinski definition) is 2. The molecule has 5 nitrogen and oxygen atoms in total. The summed E-state index contributed by atoms with van der Waals surface area (Å²) >= 11 is 0. The molecule has 1 fully saturated rings. The van der Waals surface area contributed by atoms with E-state index in [1.165, 1.54) is 12.1 Å².